The van der Waals surface area contributed by atoms with Gasteiger partial charge in [0.1, 0.15) is 5.56 Å². The Morgan fingerprint density at radius 2 is 2.19 bits per heavy atom. The van der Waals surface area contributed by atoms with Gasteiger partial charge in [0, 0.05) is 22.7 Å². The molecule has 0 atom stereocenters. The summed E-state index contributed by atoms with van der Waals surface area (Å²) in [5, 5.41) is 9.08. The average Bonchev–Trinajstić information content (AvgIpc) is 2.28. The van der Waals surface area contributed by atoms with Gasteiger partial charge in [0.05, 0.1) is 0 Å². The number of aromatic carboxylic acids is 1. The lowest BCUT2D eigenvalue weighted by Gasteiger charge is -2.00. The Morgan fingerprint density at radius 3 is 2.81 bits per heavy atom. The van der Waals surface area contributed by atoms with Crippen LogP contribution in [-0.2, 0) is 0 Å². The number of hydrogen-bond acceptors (Lipinski definition) is 2. The first-order valence-corrected chi connectivity index (χ1v) is 4.49. The predicted octanol–water partition coefficient (Wildman–Crippen LogP) is 1.21. The van der Waals surface area contributed by atoms with E-state index in [4.69, 9.17) is 11.5 Å². The van der Waals surface area contributed by atoms with E-state index < -0.39 is 11.4 Å². The van der Waals surface area contributed by atoms with Crippen molar-refractivity contribution >= 4 is 16.9 Å². The summed E-state index contributed by atoms with van der Waals surface area (Å²) in [6.45, 7) is 0. The van der Waals surface area contributed by atoms with E-state index in [0.29, 0.717) is 11.1 Å². The lowest BCUT2D eigenvalue weighted by Crippen LogP contribution is -2.15. The highest BCUT2D eigenvalue weighted by Crippen LogP contribution is 2.10. The molecule has 4 heteroatoms. The Kier molecular flexibility index (Phi) is 2.22. The number of carboxylic acid groups (broad SMARTS) is 1. The molecule has 2 rings (SSSR count). The first-order chi connectivity index (χ1) is 7.63. The molecule has 78 valence electrons. The Labute approximate surface area is 90.5 Å². The summed E-state index contributed by atoms with van der Waals surface area (Å²) >= 11 is 0. The topological polar surface area (TPSA) is 70.2 Å². The van der Waals surface area contributed by atoms with E-state index in [1.54, 1.807) is 12.1 Å². The van der Waals surface area contributed by atoms with Crippen LogP contribution in [0.15, 0.2) is 29.2 Å². The normalized spacial score (nSPS) is 9.94. The number of fused-ring (bicyclic) bond motifs is 1. The summed E-state index contributed by atoms with van der Waals surface area (Å²) in [6, 6.07) is 4.83. The van der Waals surface area contributed by atoms with E-state index >= 15 is 0 Å². The quantitative estimate of drug-likeness (QED) is 0.699. The maximum Gasteiger partial charge on any atom is 0.341 e. The summed E-state index contributed by atoms with van der Waals surface area (Å²) in [5.74, 6) is 1.14. The highest BCUT2D eigenvalue weighted by Gasteiger charge is 2.11. The molecule has 4 nitrogen and oxygen atoms in total. The molecule has 16 heavy (non-hydrogen) atoms. The number of aromatic amines is 1. The van der Waals surface area contributed by atoms with Crippen LogP contribution < -0.4 is 5.43 Å². The lowest BCUT2D eigenvalue weighted by atomic mass is 10.1. The van der Waals surface area contributed by atoms with Crippen molar-refractivity contribution in [3.8, 4) is 12.3 Å². The highest BCUT2D eigenvalue weighted by atomic mass is 16.4. The van der Waals surface area contributed by atoms with Crippen molar-refractivity contribution in [3.63, 3.8) is 0 Å². The molecule has 1 heterocycles. The number of carbonyl (C=O) groups is 1. The number of hydrogen-bond donors (Lipinski definition) is 2. The van der Waals surface area contributed by atoms with Gasteiger partial charge in [0.2, 0.25) is 5.43 Å². The average molecular weight is 213 g/mol. The second-order valence-electron chi connectivity index (χ2n) is 3.24. The number of H-pyrrole nitrogens is 1. The molecule has 0 unspecified atom stereocenters. The fraction of sp³-hybridized carbons (Fsp3) is 0. The number of nitrogens with one attached hydrogen (secondary N) is 1. The second kappa shape index (κ2) is 3.55. The van der Waals surface area contributed by atoms with Crippen molar-refractivity contribution in [2.24, 2.45) is 0 Å². The summed E-state index contributed by atoms with van der Waals surface area (Å²) in [5.41, 5.74) is 0.287. The van der Waals surface area contributed by atoms with E-state index in [0.717, 1.165) is 0 Å². The van der Waals surface area contributed by atoms with Gasteiger partial charge in [-0.1, -0.05) is 5.92 Å². The Balaban J connectivity index is 2.88. The molecule has 0 amide bonds. The smallest absolute Gasteiger partial charge is 0.341 e. The van der Waals surface area contributed by atoms with Crippen LogP contribution in [0.3, 0.4) is 0 Å². The van der Waals surface area contributed by atoms with Crippen LogP contribution in [-0.4, -0.2) is 16.1 Å². The summed E-state index contributed by atoms with van der Waals surface area (Å²) in [7, 11) is 0. The molecular formula is C12H7NO3. The maximum atomic E-state index is 11.8. The van der Waals surface area contributed by atoms with Crippen molar-refractivity contribution in [1.82, 2.24) is 4.98 Å². The van der Waals surface area contributed by atoms with Crippen LogP contribution in [0, 0.1) is 12.3 Å². The van der Waals surface area contributed by atoms with Crippen LogP contribution in [0.4, 0.5) is 0 Å². The van der Waals surface area contributed by atoms with Crippen LogP contribution in [0.2, 0.25) is 0 Å². The number of benzene rings is 1. The molecule has 0 saturated carbocycles. The van der Waals surface area contributed by atoms with Gasteiger partial charge < -0.3 is 10.1 Å². The Bertz CT molecular complexity index is 677. The van der Waals surface area contributed by atoms with Gasteiger partial charge in [-0.3, -0.25) is 4.79 Å². The van der Waals surface area contributed by atoms with E-state index in [2.05, 4.69) is 10.9 Å². The van der Waals surface area contributed by atoms with Gasteiger partial charge in [-0.15, -0.1) is 6.42 Å². The number of aromatic nitrogens is 1. The third kappa shape index (κ3) is 1.44. The lowest BCUT2D eigenvalue weighted by molar-refractivity contribution is 0.0695. The minimum Gasteiger partial charge on any atom is -0.477 e. The van der Waals surface area contributed by atoms with Crippen molar-refractivity contribution in [2.75, 3.05) is 0 Å². The molecule has 0 aliphatic heterocycles. The van der Waals surface area contributed by atoms with E-state index in [9.17, 15) is 9.59 Å². The molecule has 1 aromatic carbocycles. The van der Waals surface area contributed by atoms with Crippen molar-refractivity contribution in [2.45, 2.75) is 0 Å². The number of terminal acetylenes is 1. The zero-order valence-electron chi connectivity index (χ0n) is 8.15. The van der Waals surface area contributed by atoms with Crippen molar-refractivity contribution in [3.05, 3.63) is 45.7 Å². The third-order valence-corrected chi connectivity index (χ3v) is 2.28. The standard InChI is InChI=1S/C12H7NO3/c1-2-7-3-4-10-8(5-7)11(14)9(6-13-10)12(15)16/h1,3-6H,(H,13,14)(H,15,16). The predicted molar refractivity (Wildman–Crippen MR) is 59.5 cm³/mol. The minimum absolute atomic E-state index is 0.287. The van der Waals surface area contributed by atoms with Gasteiger partial charge in [-0.25, -0.2) is 4.79 Å². The molecule has 0 aliphatic rings. The van der Waals surface area contributed by atoms with Gasteiger partial charge in [-0.05, 0) is 18.2 Å². The first-order valence-electron chi connectivity index (χ1n) is 4.49. The van der Waals surface area contributed by atoms with Crippen molar-refractivity contribution < 1.29 is 9.90 Å². The first kappa shape index (κ1) is 9.99. The molecule has 2 N–H and O–H groups in total. The van der Waals surface area contributed by atoms with E-state index in [1.807, 2.05) is 0 Å². The van der Waals surface area contributed by atoms with Gasteiger partial charge >= 0.3 is 5.97 Å². The van der Waals surface area contributed by atoms with Crippen LogP contribution in [0.25, 0.3) is 10.9 Å². The van der Waals surface area contributed by atoms with Crippen LogP contribution in [0.5, 0.6) is 0 Å². The molecule has 2 aromatic rings. The van der Waals surface area contributed by atoms with Crippen LogP contribution in [0.1, 0.15) is 15.9 Å². The highest BCUT2D eigenvalue weighted by molar-refractivity contribution is 5.92. The molecule has 0 fully saturated rings. The molecule has 0 aliphatic carbocycles. The number of pyridine rings is 1. The Hall–Kier alpha value is -2.54. The number of rotatable bonds is 1. The molecule has 0 radical (unpaired) electrons. The zero-order valence-corrected chi connectivity index (χ0v) is 8.15. The van der Waals surface area contributed by atoms with E-state index in [1.165, 1.54) is 12.3 Å². The summed E-state index contributed by atoms with van der Waals surface area (Å²) in [6.07, 6.45) is 6.39. The van der Waals surface area contributed by atoms with E-state index in [-0.39, 0.29) is 10.9 Å². The van der Waals surface area contributed by atoms with Crippen LogP contribution >= 0.6 is 0 Å². The fourth-order valence-electron chi connectivity index (χ4n) is 1.47. The third-order valence-electron chi connectivity index (χ3n) is 2.28. The number of carboxylic acids is 1. The second-order valence-corrected chi connectivity index (χ2v) is 3.24. The van der Waals surface area contributed by atoms with Gasteiger partial charge in [0.15, 0.2) is 0 Å². The molecule has 1 aromatic heterocycles. The Morgan fingerprint density at radius 1 is 1.44 bits per heavy atom. The molecule has 0 bridgehead atoms. The van der Waals surface area contributed by atoms with Gasteiger partial charge in [-0.2, -0.15) is 0 Å². The largest absolute Gasteiger partial charge is 0.477 e. The van der Waals surface area contributed by atoms with Gasteiger partial charge in [0.25, 0.3) is 0 Å². The van der Waals surface area contributed by atoms with Crippen molar-refractivity contribution in [1.29, 1.82) is 0 Å². The zero-order chi connectivity index (χ0) is 11.7. The summed E-state index contributed by atoms with van der Waals surface area (Å²) < 4.78 is 0. The molecular weight excluding hydrogens is 206 g/mol. The summed E-state index contributed by atoms with van der Waals surface area (Å²) in [4.78, 5) is 25.3. The fourth-order valence-corrected chi connectivity index (χ4v) is 1.47. The SMILES string of the molecule is C#Cc1ccc2[nH]cc(C(=O)O)c(=O)c2c1. The monoisotopic (exact) mass is 213 g/mol. The molecule has 0 saturated heterocycles. The molecule has 0 spiro atoms. The minimum atomic E-state index is -1.26. The maximum absolute atomic E-state index is 11.8.